The number of ether oxygens (including phenoxy) is 1. The molecular formula is C17H18N2O4S. The molecule has 0 saturated carbocycles. The number of nitro groups is 1. The van der Waals surface area contributed by atoms with Crippen LogP contribution in [-0.2, 0) is 4.74 Å². The fourth-order valence-corrected chi connectivity index (χ4v) is 3.52. The van der Waals surface area contributed by atoms with Gasteiger partial charge in [0, 0.05) is 6.07 Å². The van der Waals surface area contributed by atoms with Gasteiger partial charge in [0.15, 0.2) is 0 Å². The average Bonchev–Trinajstić information content (AvgIpc) is 3.05. The molecule has 1 fully saturated rings. The standard InChI is InChI=1S/C17H18N2O4S/c1-17(2)11-23-13(12-6-4-3-5-7-12)10-18(17)16(20)14-8-9-15(24-14)19(21)22/h3-9,13H,10-11H2,1-2H3/t13-/m0/s1. The first-order valence-corrected chi connectivity index (χ1v) is 8.43. The molecule has 1 aromatic heterocycles. The molecule has 0 aliphatic carbocycles. The van der Waals surface area contributed by atoms with Gasteiger partial charge < -0.3 is 9.64 Å². The topological polar surface area (TPSA) is 72.7 Å². The molecule has 0 radical (unpaired) electrons. The Bertz CT molecular complexity index is 757. The maximum Gasteiger partial charge on any atom is 0.324 e. The van der Waals surface area contributed by atoms with E-state index in [0.717, 1.165) is 16.9 Å². The summed E-state index contributed by atoms with van der Waals surface area (Å²) in [5.41, 5.74) is 0.546. The second-order valence-corrected chi connectivity index (χ2v) is 7.40. The Balaban J connectivity index is 1.85. The van der Waals surface area contributed by atoms with Crippen LogP contribution >= 0.6 is 11.3 Å². The second-order valence-electron chi connectivity index (χ2n) is 6.33. The van der Waals surface area contributed by atoms with Crippen LogP contribution in [0.1, 0.15) is 35.2 Å². The summed E-state index contributed by atoms with van der Waals surface area (Å²) in [4.78, 5) is 25.4. The van der Waals surface area contributed by atoms with Crippen LogP contribution in [0.25, 0.3) is 0 Å². The van der Waals surface area contributed by atoms with Crippen molar-refractivity contribution in [2.45, 2.75) is 25.5 Å². The number of carbonyl (C=O) groups is 1. The van der Waals surface area contributed by atoms with Gasteiger partial charge in [-0.15, -0.1) is 0 Å². The van der Waals surface area contributed by atoms with Crippen molar-refractivity contribution in [3.05, 3.63) is 63.0 Å². The molecule has 0 spiro atoms. The zero-order chi connectivity index (χ0) is 17.3. The fourth-order valence-electron chi connectivity index (χ4n) is 2.75. The largest absolute Gasteiger partial charge is 0.369 e. The molecule has 2 aromatic rings. The maximum atomic E-state index is 12.9. The van der Waals surface area contributed by atoms with Crippen molar-refractivity contribution in [2.24, 2.45) is 0 Å². The lowest BCUT2D eigenvalue weighted by molar-refractivity contribution is -0.380. The lowest BCUT2D eigenvalue weighted by Gasteiger charge is -2.45. The molecule has 0 N–H and O–H groups in total. The third-order valence-electron chi connectivity index (χ3n) is 4.12. The van der Waals surface area contributed by atoms with Crippen molar-refractivity contribution in [1.29, 1.82) is 0 Å². The van der Waals surface area contributed by atoms with Crippen LogP contribution in [0.15, 0.2) is 42.5 Å². The number of nitrogens with zero attached hydrogens (tertiary/aromatic N) is 2. The number of carbonyl (C=O) groups excluding carboxylic acids is 1. The van der Waals surface area contributed by atoms with Gasteiger partial charge in [-0.05, 0) is 25.5 Å². The smallest absolute Gasteiger partial charge is 0.324 e. The van der Waals surface area contributed by atoms with Gasteiger partial charge in [0.25, 0.3) is 5.91 Å². The highest BCUT2D eigenvalue weighted by Gasteiger charge is 2.39. The van der Waals surface area contributed by atoms with E-state index in [4.69, 9.17) is 4.74 Å². The SMILES string of the molecule is CC1(C)CO[C@H](c2ccccc2)CN1C(=O)c1ccc([N+](=O)[O-])s1. The van der Waals surface area contributed by atoms with Crippen molar-refractivity contribution in [3.63, 3.8) is 0 Å². The quantitative estimate of drug-likeness (QED) is 0.628. The second kappa shape index (κ2) is 6.33. The summed E-state index contributed by atoms with van der Waals surface area (Å²) in [6, 6.07) is 12.7. The minimum absolute atomic E-state index is 0.0241. The van der Waals surface area contributed by atoms with Crippen molar-refractivity contribution < 1.29 is 14.5 Å². The summed E-state index contributed by atoms with van der Waals surface area (Å²) in [6.45, 7) is 4.70. The van der Waals surface area contributed by atoms with Crippen LogP contribution in [0, 0.1) is 10.1 Å². The van der Waals surface area contributed by atoms with Gasteiger partial charge >= 0.3 is 5.00 Å². The Kier molecular flexibility index (Phi) is 4.38. The van der Waals surface area contributed by atoms with Crippen LogP contribution in [0.2, 0.25) is 0 Å². The molecule has 126 valence electrons. The Labute approximate surface area is 143 Å². The van der Waals surface area contributed by atoms with Gasteiger partial charge in [0.05, 0.1) is 28.5 Å². The lowest BCUT2D eigenvalue weighted by Crippen LogP contribution is -2.56. The predicted molar refractivity (Wildman–Crippen MR) is 91.2 cm³/mol. The van der Waals surface area contributed by atoms with E-state index in [1.807, 2.05) is 44.2 Å². The first-order chi connectivity index (χ1) is 11.4. The number of benzene rings is 1. The molecule has 0 bridgehead atoms. The van der Waals surface area contributed by atoms with E-state index in [1.54, 1.807) is 4.90 Å². The third-order valence-corrected chi connectivity index (χ3v) is 5.14. The van der Waals surface area contributed by atoms with E-state index in [9.17, 15) is 14.9 Å². The van der Waals surface area contributed by atoms with Crippen LogP contribution in [0.5, 0.6) is 0 Å². The fraction of sp³-hybridized carbons (Fsp3) is 0.353. The molecule has 1 saturated heterocycles. The lowest BCUT2D eigenvalue weighted by atomic mass is 9.98. The molecular weight excluding hydrogens is 328 g/mol. The Morgan fingerprint density at radius 1 is 1.29 bits per heavy atom. The summed E-state index contributed by atoms with van der Waals surface area (Å²) in [5.74, 6) is -0.192. The molecule has 0 unspecified atom stereocenters. The van der Waals surface area contributed by atoms with E-state index in [2.05, 4.69) is 0 Å². The molecule has 24 heavy (non-hydrogen) atoms. The summed E-state index contributed by atoms with van der Waals surface area (Å²) < 4.78 is 5.94. The van der Waals surface area contributed by atoms with Crippen molar-refractivity contribution in [3.8, 4) is 0 Å². The summed E-state index contributed by atoms with van der Waals surface area (Å²) in [6.07, 6.45) is -0.196. The molecule has 1 amide bonds. The molecule has 1 atom stereocenters. The highest BCUT2D eigenvalue weighted by Crippen LogP contribution is 2.33. The van der Waals surface area contributed by atoms with Crippen molar-refractivity contribution >= 4 is 22.2 Å². The van der Waals surface area contributed by atoms with Gasteiger partial charge in [0.2, 0.25) is 0 Å². The number of hydrogen-bond donors (Lipinski definition) is 0. The molecule has 3 rings (SSSR count). The maximum absolute atomic E-state index is 12.9. The first-order valence-electron chi connectivity index (χ1n) is 7.61. The van der Waals surface area contributed by atoms with Crippen LogP contribution in [0.3, 0.4) is 0 Å². The summed E-state index contributed by atoms with van der Waals surface area (Å²) in [5, 5.41) is 10.8. The number of thiophene rings is 1. The number of hydrogen-bond acceptors (Lipinski definition) is 5. The van der Waals surface area contributed by atoms with E-state index >= 15 is 0 Å². The van der Waals surface area contributed by atoms with Gasteiger partial charge in [-0.3, -0.25) is 14.9 Å². The zero-order valence-electron chi connectivity index (χ0n) is 13.5. The Morgan fingerprint density at radius 2 is 2.00 bits per heavy atom. The highest BCUT2D eigenvalue weighted by molar-refractivity contribution is 7.17. The van der Waals surface area contributed by atoms with Gasteiger partial charge in [0.1, 0.15) is 6.10 Å². The van der Waals surface area contributed by atoms with Gasteiger partial charge in [-0.25, -0.2) is 0 Å². The molecule has 1 aliphatic rings. The van der Waals surface area contributed by atoms with Crippen molar-refractivity contribution in [1.82, 2.24) is 4.90 Å². The van der Waals surface area contributed by atoms with Crippen LogP contribution in [0.4, 0.5) is 5.00 Å². The van der Waals surface area contributed by atoms with Gasteiger partial charge in [-0.1, -0.05) is 41.7 Å². The number of rotatable bonds is 3. The number of morpholine rings is 1. The monoisotopic (exact) mass is 346 g/mol. The summed E-state index contributed by atoms with van der Waals surface area (Å²) in [7, 11) is 0. The molecule has 6 nitrogen and oxygen atoms in total. The molecule has 1 aromatic carbocycles. The van der Waals surface area contributed by atoms with E-state index in [1.165, 1.54) is 12.1 Å². The third kappa shape index (κ3) is 3.18. The van der Waals surface area contributed by atoms with Crippen LogP contribution in [-0.4, -0.2) is 34.4 Å². The van der Waals surface area contributed by atoms with Crippen molar-refractivity contribution in [2.75, 3.05) is 13.2 Å². The predicted octanol–water partition coefficient (Wildman–Crippen LogP) is 3.65. The Hall–Kier alpha value is -2.25. The van der Waals surface area contributed by atoms with Crippen LogP contribution < -0.4 is 0 Å². The summed E-state index contributed by atoms with van der Waals surface area (Å²) >= 11 is 0.909. The Morgan fingerprint density at radius 3 is 2.62 bits per heavy atom. The zero-order valence-corrected chi connectivity index (χ0v) is 14.3. The van der Waals surface area contributed by atoms with E-state index in [-0.39, 0.29) is 17.0 Å². The number of amides is 1. The molecule has 7 heteroatoms. The average molecular weight is 346 g/mol. The highest BCUT2D eigenvalue weighted by atomic mass is 32.1. The minimum Gasteiger partial charge on any atom is -0.369 e. The molecule has 1 aliphatic heterocycles. The first kappa shape index (κ1) is 16.6. The van der Waals surface area contributed by atoms with Gasteiger partial charge in [-0.2, -0.15) is 0 Å². The minimum atomic E-state index is -0.474. The molecule has 2 heterocycles. The van der Waals surface area contributed by atoms with E-state index < -0.39 is 10.5 Å². The van der Waals surface area contributed by atoms with E-state index in [0.29, 0.717) is 18.0 Å². The normalized spacial score (nSPS) is 19.9.